The lowest BCUT2D eigenvalue weighted by atomic mass is 10.2. The number of nitrogens with one attached hydrogen (secondary N) is 1. The Morgan fingerprint density at radius 2 is 1.83 bits per heavy atom. The molecule has 0 aromatic carbocycles. The molecular formula is C15H19N3O5. The van der Waals surface area contributed by atoms with E-state index in [1.54, 1.807) is 19.1 Å². The van der Waals surface area contributed by atoms with Crippen molar-refractivity contribution < 1.29 is 23.6 Å². The van der Waals surface area contributed by atoms with E-state index in [2.05, 4.69) is 5.32 Å². The Morgan fingerprint density at radius 3 is 2.39 bits per heavy atom. The van der Waals surface area contributed by atoms with Crippen LogP contribution in [0.2, 0.25) is 0 Å². The number of carbonyl (C=O) groups is 4. The first kappa shape index (κ1) is 16.7. The number of rotatable bonds is 6. The van der Waals surface area contributed by atoms with E-state index in [0.29, 0.717) is 10.7 Å². The summed E-state index contributed by atoms with van der Waals surface area (Å²) in [5.41, 5.74) is 0. The van der Waals surface area contributed by atoms with Crippen molar-refractivity contribution in [3.8, 4) is 0 Å². The van der Waals surface area contributed by atoms with Gasteiger partial charge in [0.1, 0.15) is 12.3 Å². The maximum absolute atomic E-state index is 12.1. The highest BCUT2D eigenvalue weighted by atomic mass is 16.3. The monoisotopic (exact) mass is 321 g/mol. The molecule has 1 N–H and O–H groups in total. The molecule has 124 valence electrons. The summed E-state index contributed by atoms with van der Waals surface area (Å²) in [5, 5.41) is 2.61. The highest BCUT2D eigenvalue weighted by molar-refractivity contribution is 6.45. The predicted octanol–water partition coefficient (Wildman–Crippen LogP) is 0.904. The van der Waals surface area contributed by atoms with Crippen LogP contribution in [0.4, 0.5) is 4.79 Å². The molecule has 1 fully saturated rings. The summed E-state index contributed by atoms with van der Waals surface area (Å²) in [5.74, 6) is -1.83. The fourth-order valence-corrected chi connectivity index (χ4v) is 2.26. The lowest BCUT2D eigenvalue weighted by molar-refractivity contribution is -0.144. The fraction of sp³-hybridized carbons (Fsp3) is 0.467. The topological polar surface area (TPSA) is 99.9 Å². The summed E-state index contributed by atoms with van der Waals surface area (Å²) < 4.78 is 5.16. The van der Waals surface area contributed by atoms with Crippen molar-refractivity contribution in [3.05, 3.63) is 24.2 Å². The zero-order chi connectivity index (χ0) is 17.1. The minimum Gasteiger partial charge on any atom is -0.467 e. The van der Waals surface area contributed by atoms with Gasteiger partial charge in [0.2, 0.25) is 5.91 Å². The Labute approximate surface area is 133 Å². The molecule has 23 heavy (non-hydrogen) atoms. The third kappa shape index (κ3) is 3.58. The van der Waals surface area contributed by atoms with Gasteiger partial charge < -0.3 is 9.73 Å². The van der Waals surface area contributed by atoms with Crippen LogP contribution in [0.5, 0.6) is 0 Å². The van der Waals surface area contributed by atoms with Crippen LogP contribution in [-0.4, -0.2) is 46.6 Å². The van der Waals surface area contributed by atoms with Crippen molar-refractivity contribution in [2.45, 2.75) is 26.8 Å². The van der Waals surface area contributed by atoms with E-state index in [1.807, 2.05) is 13.8 Å². The van der Waals surface area contributed by atoms with Crippen molar-refractivity contribution in [1.82, 2.24) is 15.1 Å². The number of hydrogen-bond donors (Lipinski definition) is 1. The summed E-state index contributed by atoms with van der Waals surface area (Å²) in [6.45, 7) is 5.00. The van der Waals surface area contributed by atoms with Crippen molar-refractivity contribution in [3.63, 3.8) is 0 Å². The van der Waals surface area contributed by atoms with E-state index in [1.165, 1.54) is 6.26 Å². The first-order chi connectivity index (χ1) is 10.8. The predicted molar refractivity (Wildman–Crippen MR) is 78.9 cm³/mol. The van der Waals surface area contributed by atoms with Gasteiger partial charge in [-0.25, -0.2) is 9.69 Å². The Bertz CT molecular complexity index is 623. The van der Waals surface area contributed by atoms with Gasteiger partial charge in [-0.15, -0.1) is 0 Å². The van der Waals surface area contributed by atoms with E-state index >= 15 is 0 Å². The molecule has 1 aliphatic heterocycles. The van der Waals surface area contributed by atoms with E-state index in [4.69, 9.17) is 4.42 Å². The molecule has 0 bridgehead atoms. The van der Waals surface area contributed by atoms with Gasteiger partial charge in [0, 0.05) is 6.54 Å². The van der Waals surface area contributed by atoms with Crippen molar-refractivity contribution in [1.29, 1.82) is 0 Å². The van der Waals surface area contributed by atoms with Crippen LogP contribution in [0.1, 0.15) is 32.6 Å². The Kier molecular flexibility index (Phi) is 4.83. The molecule has 2 heterocycles. The second-order valence-corrected chi connectivity index (χ2v) is 5.79. The van der Waals surface area contributed by atoms with Gasteiger partial charge in [0.25, 0.3) is 0 Å². The molecule has 1 saturated heterocycles. The molecular weight excluding hydrogens is 302 g/mol. The third-order valence-electron chi connectivity index (χ3n) is 3.33. The highest BCUT2D eigenvalue weighted by Gasteiger charge is 2.45. The standard InChI is InChI=1S/C15H19N3O5/c1-9(2)7-17-13(20)14(21)18(15(17)22)8-12(19)16-10(3)11-5-4-6-23-11/h4-6,9-10H,7-8H2,1-3H3,(H,16,19)/t10-/m1/s1. The largest absolute Gasteiger partial charge is 0.467 e. The van der Waals surface area contributed by atoms with Gasteiger partial charge in [-0.3, -0.25) is 19.3 Å². The lowest BCUT2D eigenvalue weighted by Gasteiger charge is -2.17. The molecule has 1 atom stereocenters. The van der Waals surface area contributed by atoms with Crippen LogP contribution < -0.4 is 5.32 Å². The molecule has 8 heteroatoms. The van der Waals surface area contributed by atoms with Crippen LogP contribution in [0.3, 0.4) is 0 Å². The molecule has 2 rings (SSSR count). The maximum atomic E-state index is 12.1. The van der Waals surface area contributed by atoms with Gasteiger partial charge in [-0.2, -0.15) is 0 Å². The van der Waals surface area contributed by atoms with Crippen molar-refractivity contribution in [2.75, 3.05) is 13.1 Å². The second-order valence-electron chi connectivity index (χ2n) is 5.79. The number of imide groups is 2. The molecule has 1 aromatic rings. The van der Waals surface area contributed by atoms with Gasteiger partial charge in [0.15, 0.2) is 0 Å². The minimum absolute atomic E-state index is 0.0310. The van der Waals surface area contributed by atoms with Crippen LogP contribution in [0, 0.1) is 5.92 Å². The molecule has 1 aliphatic rings. The lowest BCUT2D eigenvalue weighted by Crippen LogP contribution is -2.42. The average molecular weight is 321 g/mol. The van der Waals surface area contributed by atoms with Gasteiger partial charge in [-0.1, -0.05) is 13.8 Å². The van der Waals surface area contributed by atoms with Crippen LogP contribution in [0.15, 0.2) is 22.8 Å². The van der Waals surface area contributed by atoms with Crippen LogP contribution in [-0.2, 0) is 14.4 Å². The number of nitrogens with zero attached hydrogens (tertiary/aromatic N) is 2. The van der Waals surface area contributed by atoms with E-state index in [9.17, 15) is 19.2 Å². The molecule has 0 spiro atoms. The molecule has 0 aliphatic carbocycles. The Hall–Kier alpha value is -2.64. The number of furan rings is 1. The number of urea groups is 1. The maximum Gasteiger partial charge on any atom is 0.334 e. The first-order valence-electron chi connectivity index (χ1n) is 7.31. The van der Waals surface area contributed by atoms with E-state index in [0.717, 1.165) is 4.90 Å². The normalized spacial score (nSPS) is 16.4. The molecule has 1 aromatic heterocycles. The SMILES string of the molecule is CC(C)CN1C(=O)C(=O)N(CC(=O)N[C@H](C)c2ccco2)C1=O. The third-order valence-corrected chi connectivity index (χ3v) is 3.33. The van der Waals surface area contributed by atoms with Crippen molar-refractivity contribution >= 4 is 23.8 Å². The first-order valence-corrected chi connectivity index (χ1v) is 7.31. The van der Waals surface area contributed by atoms with Crippen LogP contribution in [0.25, 0.3) is 0 Å². The molecule has 8 nitrogen and oxygen atoms in total. The summed E-state index contributed by atoms with van der Waals surface area (Å²) in [6, 6.07) is 2.22. The van der Waals surface area contributed by atoms with Crippen LogP contribution >= 0.6 is 0 Å². The zero-order valence-electron chi connectivity index (χ0n) is 13.2. The van der Waals surface area contributed by atoms with E-state index < -0.39 is 36.3 Å². The second kappa shape index (κ2) is 6.64. The minimum atomic E-state index is -0.976. The summed E-state index contributed by atoms with van der Waals surface area (Å²) in [4.78, 5) is 49.4. The Morgan fingerprint density at radius 1 is 1.17 bits per heavy atom. The van der Waals surface area contributed by atoms with Gasteiger partial charge >= 0.3 is 17.8 Å². The highest BCUT2D eigenvalue weighted by Crippen LogP contribution is 2.15. The average Bonchev–Trinajstić information content (AvgIpc) is 3.07. The molecule has 5 amide bonds. The summed E-state index contributed by atoms with van der Waals surface area (Å²) in [7, 11) is 0. The quantitative estimate of drug-likeness (QED) is 0.620. The number of amides is 5. The number of carbonyl (C=O) groups excluding carboxylic acids is 4. The summed E-state index contributed by atoms with van der Waals surface area (Å²) in [6.07, 6.45) is 1.48. The molecule has 0 radical (unpaired) electrons. The van der Waals surface area contributed by atoms with Gasteiger partial charge in [-0.05, 0) is 25.0 Å². The summed E-state index contributed by atoms with van der Waals surface area (Å²) >= 11 is 0. The smallest absolute Gasteiger partial charge is 0.334 e. The number of hydrogen-bond acceptors (Lipinski definition) is 5. The van der Waals surface area contributed by atoms with Gasteiger partial charge in [0.05, 0.1) is 12.3 Å². The molecule has 0 saturated carbocycles. The zero-order valence-corrected chi connectivity index (χ0v) is 13.2. The Balaban J connectivity index is 1.99. The fourth-order valence-electron chi connectivity index (χ4n) is 2.26. The van der Waals surface area contributed by atoms with Crippen molar-refractivity contribution in [2.24, 2.45) is 5.92 Å². The van der Waals surface area contributed by atoms with E-state index in [-0.39, 0.29) is 12.5 Å². The molecule has 0 unspecified atom stereocenters.